The molecular weight excluding hydrogens is 244 g/mol. The van der Waals surface area contributed by atoms with Crippen LogP contribution in [0.4, 0.5) is 0 Å². The molecule has 0 aliphatic carbocycles. The number of hydrogen-bond acceptors (Lipinski definition) is 2. The van der Waals surface area contributed by atoms with Crippen molar-refractivity contribution in [3.63, 3.8) is 0 Å². The number of fused-ring (bicyclic) bond motifs is 1. The van der Waals surface area contributed by atoms with Gasteiger partial charge in [-0.3, -0.25) is 4.57 Å². The summed E-state index contributed by atoms with van der Waals surface area (Å²) in [6.45, 7) is 0. The Hall–Kier alpha value is -1.52. The number of imidazole rings is 1. The molecule has 0 atom stereocenters. The third kappa shape index (κ3) is 1.38. The summed E-state index contributed by atoms with van der Waals surface area (Å²) >= 11 is 7.40. The Balaban J connectivity index is 2.41. The molecule has 0 saturated carbocycles. The lowest BCUT2D eigenvalue weighted by Crippen LogP contribution is -2.13. The molecule has 0 unspecified atom stereocenters. The van der Waals surface area contributed by atoms with Crippen molar-refractivity contribution < 1.29 is 0 Å². The summed E-state index contributed by atoms with van der Waals surface area (Å²) in [6.07, 6.45) is 0. The molecule has 0 fully saturated rings. The predicted molar refractivity (Wildman–Crippen MR) is 66.8 cm³/mol. The Morgan fingerprint density at radius 2 is 2.19 bits per heavy atom. The first-order valence-electron chi connectivity index (χ1n) is 4.70. The molecule has 1 N–H and O–H groups in total. The maximum absolute atomic E-state index is 11.8. The van der Waals surface area contributed by atoms with Crippen LogP contribution < -0.4 is 5.69 Å². The molecular formula is C11H7ClN2OS. The summed E-state index contributed by atoms with van der Waals surface area (Å²) in [5, 5.41) is 3.46. The average Bonchev–Trinajstić information content (AvgIpc) is 2.83. The Labute approximate surface area is 99.9 Å². The molecule has 0 spiro atoms. The maximum Gasteiger partial charge on any atom is 0.331 e. The minimum absolute atomic E-state index is 0.139. The van der Waals surface area contributed by atoms with Crippen molar-refractivity contribution in [3.05, 3.63) is 51.2 Å². The van der Waals surface area contributed by atoms with Gasteiger partial charge < -0.3 is 4.98 Å². The maximum atomic E-state index is 11.8. The highest BCUT2D eigenvalue weighted by molar-refractivity contribution is 7.12. The third-order valence-corrected chi connectivity index (χ3v) is 3.46. The zero-order valence-corrected chi connectivity index (χ0v) is 9.68. The van der Waals surface area contributed by atoms with E-state index in [1.807, 2.05) is 23.6 Å². The van der Waals surface area contributed by atoms with Crippen molar-refractivity contribution >= 4 is 34.0 Å². The number of halogens is 1. The van der Waals surface area contributed by atoms with Crippen molar-refractivity contribution in [2.45, 2.75) is 0 Å². The van der Waals surface area contributed by atoms with Crippen LogP contribution in [0, 0.1) is 0 Å². The Bertz CT molecular complexity index is 696. The summed E-state index contributed by atoms with van der Waals surface area (Å²) in [5.41, 5.74) is 1.46. The molecule has 2 aromatic heterocycles. The van der Waals surface area contributed by atoms with Crippen molar-refractivity contribution in [1.29, 1.82) is 0 Å². The number of nitrogens with one attached hydrogen (secondary N) is 1. The van der Waals surface area contributed by atoms with Crippen LogP contribution >= 0.6 is 22.9 Å². The molecule has 0 saturated heterocycles. The summed E-state index contributed by atoms with van der Waals surface area (Å²) in [6, 6.07) is 9.20. The highest BCUT2D eigenvalue weighted by Gasteiger charge is 2.09. The van der Waals surface area contributed by atoms with Gasteiger partial charge in [0, 0.05) is 5.02 Å². The summed E-state index contributed by atoms with van der Waals surface area (Å²) in [7, 11) is 0. The molecule has 3 aromatic rings. The van der Waals surface area contributed by atoms with E-state index >= 15 is 0 Å². The number of H-pyrrole nitrogens is 1. The van der Waals surface area contributed by atoms with E-state index in [0.29, 0.717) is 5.02 Å². The second kappa shape index (κ2) is 3.50. The zero-order chi connectivity index (χ0) is 11.1. The van der Waals surface area contributed by atoms with Crippen molar-refractivity contribution in [2.75, 3.05) is 0 Å². The molecule has 0 aliphatic heterocycles. The number of thiophene rings is 1. The van der Waals surface area contributed by atoms with Crippen LogP contribution in [-0.4, -0.2) is 9.55 Å². The van der Waals surface area contributed by atoms with E-state index in [1.54, 1.807) is 16.7 Å². The van der Waals surface area contributed by atoms with Crippen molar-refractivity contribution in [2.24, 2.45) is 0 Å². The first-order valence-corrected chi connectivity index (χ1v) is 5.95. The first kappa shape index (κ1) is 9.69. The normalized spacial score (nSPS) is 11.1. The smallest absolute Gasteiger partial charge is 0.305 e. The summed E-state index contributed by atoms with van der Waals surface area (Å²) in [4.78, 5) is 14.6. The highest BCUT2D eigenvalue weighted by atomic mass is 35.5. The van der Waals surface area contributed by atoms with Gasteiger partial charge in [0.15, 0.2) is 0 Å². The van der Waals surface area contributed by atoms with Gasteiger partial charge in [-0.2, -0.15) is 0 Å². The quantitative estimate of drug-likeness (QED) is 0.708. The largest absolute Gasteiger partial charge is 0.331 e. The number of hydrogen-bond donors (Lipinski definition) is 1. The van der Waals surface area contributed by atoms with Gasteiger partial charge >= 0.3 is 5.69 Å². The molecule has 0 aliphatic rings. The van der Waals surface area contributed by atoms with Gasteiger partial charge in [-0.05, 0) is 35.7 Å². The van der Waals surface area contributed by atoms with Crippen molar-refractivity contribution in [1.82, 2.24) is 9.55 Å². The topological polar surface area (TPSA) is 37.8 Å². The van der Waals surface area contributed by atoms with Crippen LogP contribution in [0.1, 0.15) is 0 Å². The van der Waals surface area contributed by atoms with Crippen LogP contribution in [0.25, 0.3) is 16.0 Å². The number of aromatic amines is 1. The summed E-state index contributed by atoms with van der Waals surface area (Å²) < 4.78 is 1.65. The van der Waals surface area contributed by atoms with E-state index in [4.69, 9.17) is 11.6 Å². The fourth-order valence-electron chi connectivity index (χ4n) is 1.70. The van der Waals surface area contributed by atoms with E-state index in [2.05, 4.69) is 4.98 Å². The molecule has 80 valence electrons. The monoisotopic (exact) mass is 250 g/mol. The van der Waals surface area contributed by atoms with Crippen molar-refractivity contribution in [3.8, 4) is 5.00 Å². The lowest BCUT2D eigenvalue weighted by atomic mass is 10.3. The SMILES string of the molecule is O=c1[nH]c2cc(Cl)ccc2n1-c1cccs1. The Morgan fingerprint density at radius 1 is 1.31 bits per heavy atom. The molecule has 0 radical (unpaired) electrons. The number of aromatic nitrogens is 2. The molecule has 1 aromatic carbocycles. The Kier molecular flexibility index (Phi) is 2.12. The standard InChI is InChI=1S/C11H7ClN2OS/c12-7-3-4-9-8(6-7)13-11(15)14(9)10-2-1-5-16-10/h1-6H,(H,13,15). The highest BCUT2D eigenvalue weighted by Crippen LogP contribution is 2.21. The van der Waals surface area contributed by atoms with E-state index in [0.717, 1.165) is 16.0 Å². The molecule has 0 amide bonds. The minimum atomic E-state index is -0.139. The molecule has 16 heavy (non-hydrogen) atoms. The number of benzene rings is 1. The van der Waals surface area contributed by atoms with Gasteiger partial charge in [0.1, 0.15) is 5.00 Å². The molecule has 3 nitrogen and oxygen atoms in total. The van der Waals surface area contributed by atoms with E-state index in [9.17, 15) is 4.79 Å². The van der Waals surface area contributed by atoms with Gasteiger partial charge in [-0.25, -0.2) is 4.79 Å². The lowest BCUT2D eigenvalue weighted by Gasteiger charge is -1.98. The fraction of sp³-hybridized carbons (Fsp3) is 0. The zero-order valence-electron chi connectivity index (χ0n) is 8.11. The van der Waals surface area contributed by atoms with Crippen LogP contribution in [0.15, 0.2) is 40.5 Å². The van der Waals surface area contributed by atoms with Gasteiger partial charge in [0.05, 0.1) is 11.0 Å². The predicted octanol–water partition coefficient (Wildman–Crippen LogP) is 3.03. The van der Waals surface area contributed by atoms with Gasteiger partial charge in [-0.15, -0.1) is 11.3 Å². The van der Waals surface area contributed by atoms with E-state index in [1.165, 1.54) is 11.3 Å². The molecule has 5 heteroatoms. The van der Waals surface area contributed by atoms with Crippen LogP contribution in [0.3, 0.4) is 0 Å². The fourth-order valence-corrected chi connectivity index (χ4v) is 2.61. The van der Waals surface area contributed by atoms with Gasteiger partial charge in [0.25, 0.3) is 0 Å². The van der Waals surface area contributed by atoms with Gasteiger partial charge in [-0.1, -0.05) is 11.6 Å². The number of rotatable bonds is 1. The second-order valence-electron chi connectivity index (χ2n) is 3.38. The first-order chi connectivity index (χ1) is 7.75. The van der Waals surface area contributed by atoms with Crippen LogP contribution in [0.2, 0.25) is 5.02 Å². The number of nitrogens with zero attached hydrogens (tertiary/aromatic N) is 1. The minimum Gasteiger partial charge on any atom is -0.305 e. The lowest BCUT2D eigenvalue weighted by molar-refractivity contribution is 1.04. The molecule has 3 rings (SSSR count). The van der Waals surface area contributed by atoms with Gasteiger partial charge in [0.2, 0.25) is 0 Å². The van der Waals surface area contributed by atoms with Crippen LogP contribution in [0.5, 0.6) is 0 Å². The van der Waals surface area contributed by atoms with E-state index < -0.39 is 0 Å². The molecule has 0 bridgehead atoms. The second-order valence-corrected chi connectivity index (χ2v) is 4.74. The Morgan fingerprint density at radius 3 is 2.94 bits per heavy atom. The van der Waals surface area contributed by atoms with Crippen LogP contribution in [-0.2, 0) is 0 Å². The molecule has 2 heterocycles. The average molecular weight is 251 g/mol. The summed E-state index contributed by atoms with van der Waals surface area (Å²) in [5.74, 6) is 0. The third-order valence-electron chi connectivity index (χ3n) is 2.37. The van der Waals surface area contributed by atoms with E-state index in [-0.39, 0.29) is 5.69 Å².